The van der Waals surface area contributed by atoms with Gasteiger partial charge in [-0.05, 0) is 75.6 Å². The Bertz CT molecular complexity index is 1410. The molecule has 3 heterocycles. The maximum atomic E-state index is 6.23. The van der Waals surface area contributed by atoms with Crippen LogP contribution in [0, 0.1) is 13.8 Å². The van der Waals surface area contributed by atoms with Crippen molar-refractivity contribution < 1.29 is 4.42 Å². The van der Waals surface area contributed by atoms with Crippen molar-refractivity contribution in [1.82, 2.24) is 15.2 Å². The minimum Gasteiger partial charge on any atom is -0.420 e. The van der Waals surface area contributed by atoms with Gasteiger partial charge in [0.05, 0.1) is 11.1 Å². The van der Waals surface area contributed by atoms with Gasteiger partial charge in [0.25, 0.3) is 0 Å². The van der Waals surface area contributed by atoms with E-state index >= 15 is 0 Å². The van der Waals surface area contributed by atoms with Gasteiger partial charge >= 0.3 is 0 Å². The van der Waals surface area contributed by atoms with Crippen molar-refractivity contribution in [2.75, 3.05) is 5.88 Å². The summed E-state index contributed by atoms with van der Waals surface area (Å²) in [5.74, 6) is 1.73. The fourth-order valence-electron chi connectivity index (χ4n) is 4.34. The van der Waals surface area contributed by atoms with Gasteiger partial charge in [-0.2, -0.15) is 0 Å². The molecule has 6 heteroatoms. The molecule has 168 valence electrons. The molecule has 0 fully saturated rings. The first-order chi connectivity index (χ1) is 15.9. The maximum absolute atomic E-state index is 6.23. The number of hydrogen-bond acceptors (Lipinski definition) is 4. The smallest absolute Gasteiger partial charge is 0.247 e. The molecule has 0 amide bonds. The molecule has 0 spiro atoms. The van der Waals surface area contributed by atoms with Crippen LogP contribution in [-0.2, 0) is 11.8 Å². The lowest BCUT2D eigenvalue weighted by atomic mass is 9.91. The SMILES string of the molecule is Cc1cc(C)cc(-c2[nH]c3sc(C(C)(C)c4nnc(-c5ccccc5)o4)cc3c2CCCl)c1. The summed E-state index contributed by atoms with van der Waals surface area (Å²) in [7, 11) is 0. The number of aryl methyl sites for hydroxylation is 3. The van der Waals surface area contributed by atoms with Gasteiger partial charge in [0.2, 0.25) is 11.8 Å². The Hall–Kier alpha value is -2.89. The molecule has 5 rings (SSSR count). The molecule has 2 aromatic carbocycles. The lowest BCUT2D eigenvalue weighted by Gasteiger charge is -2.18. The Labute approximate surface area is 202 Å². The number of nitrogens with one attached hydrogen (secondary N) is 1. The number of H-pyrrole nitrogens is 1. The van der Waals surface area contributed by atoms with Crippen molar-refractivity contribution in [3.8, 4) is 22.7 Å². The number of fused-ring (bicyclic) bond motifs is 1. The Morgan fingerprint density at radius 1 is 0.970 bits per heavy atom. The second-order valence-corrected chi connectivity index (χ2v) is 10.5. The van der Waals surface area contributed by atoms with E-state index in [1.165, 1.54) is 32.5 Å². The van der Waals surface area contributed by atoms with Crippen LogP contribution in [0.5, 0.6) is 0 Å². The van der Waals surface area contributed by atoms with E-state index in [0.29, 0.717) is 17.7 Å². The highest BCUT2D eigenvalue weighted by Gasteiger charge is 2.33. The second kappa shape index (κ2) is 8.47. The quantitative estimate of drug-likeness (QED) is 0.256. The van der Waals surface area contributed by atoms with Crippen molar-refractivity contribution >= 4 is 33.2 Å². The number of aromatic nitrogens is 3. The van der Waals surface area contributed by atoms with Crippen LogP contribution in [0.2, 0.25) is 0 Å². The molecule has 0 saturated carbocycles. The van der Waals surface area contributed by atoms with Gasteiger partial charge in [0.1, 0.15) is 4.83 Å². The van der Waals surface area contributed by atoms with E-state index in [4.69, 9.17) is 16.0 Å². The van der Waals surface area contributed by atoms with Crippen molar-refractivity contribution in [3.63, 3.8) is 0 Å². The van der Waals surface area contributed by atoms with Gasteiger partial charge in [-0.1, -0.05) is 35.4 Å². The van der Waals surface area contributed by atoms with Crippen LogP contribution in [0.3, 0.4) is 0 Å². The first-order valence-corrected chi connectivity index (χ1v) is 12.4. The zero-order chi connectivity index (χ0) is 23.2. The van der Waals surface area contributed by atoms with Gasteiger partial charge < -0.3 is 9.40 Å². The molecule has 0 unspecified atom stereocenters. The molecule has 4 nitrogen and oxygen atoms in total. The van der Waals surface area contributed by atoms with E-state index in [2.05, 4.69) is 67.1 Å². The first kappa shape index (κ1) is 21.9. The van der Waals surface area contributed by atoms with Crippen molar-refractivity contribution in [3.05, 3.63) is 82.1 Å². The van der Waals surface area contributed by atoms with Crippen LogP contribution in [0.4, 0.5) is 0 Å². The van der Waals surface area contributed by atoms with Crippen LogP contribution in [0.1, 0.15) is 41.3 Å². The highest BCUT2D eigenvalue weighted by Crippen LogP contribution is 2.42. The first-order valence-electron chi connectivity index (χ1n) is 11.1. The fourth-order valence-corrected chi connectivity index (χ4v) is 5.71. The Morgan fingerprint density at radius 3 is 2.39 bits per heavy atom. The third-order valence-corrected chi connectivity index (χ3v) is 7.61. The number of alkyl halides is 1. The molecular formula is C27H26ClN3OS. The zero-order valence-corrected chi connectivity index (χ0v) is 20.8. The Kier molecular flexibility index (Phi) is 5.63. The average Bonchev–Trinajstić information content (AvgIpc) is 3.50. The number of rotatable bonds is 6. The fraction of sp³-hybridized carbons (Fsp3) is 0.259. The number of hydrogen-bond donors (Lipinski definition) is 1. The van der Waals surface area contributed by atoms with Gasteiger partial charge in [0, 0.05) is 21.7 Å². The van der Waals surface area contributed by atoms with Crippen LogP contribution >= 0.6 is 22.9 Å². The van der Waals surface area contributed by atoms with Gasteiger partial charge in [-0.15, -0.1) is 33.1 Å². The van der Waals surface area contributed by atoms with E-state index in [1.807, 2.05) is 30.3 Å². The largest absolute Gasteiger partial charge is 0.420 e. The molecule has 0 bridgehead atoms. The molecule has 33 heavy (non-hydrogen) atoms. The summed E-state index contributed by atoms with van der Waals surface area (Å²) in [5.41, 5.74) is 6.66. The molecule has 0 atom stereocenters. The standard InChI is InChI=1S/C27H26ClN3OS/c1-16-12-17(2)14-19(13-16)23-20(10-11-28)21-15-22(33-25(21)29-23)27(3,4)26-31-30-24(32-26)18-8-6-5-7-9-18/h5-9,12-15,29H,10-11H2,1-4H3. The molecule has 3 aromatic heterocycles. The van der Waals surface area contributed by atoms with Crippen molar-refractivity contribution in [1.29, 1.82) is 0 Å². The minimum absolute atomic E-state index is 0.414. The minimum atomic E-state index is -0.414. The van der Waals surface area contributed by atoms with Crippen LogP contribution in [-0.4, -0.2) is 21.1 Å². The predicted octanol–water partition coefficient (Wildman–Crippen LogP) is 7.67. The second-order valence-electron chi connectivity index (χ2n) is 9.05. The normalized spacial score (nSPS) is 12.0. The summed E-state index contributed by atoms with van der Waals surface area (Å²) in [4.78, 5) is 6.01. The van der Waals surface area contributed by atoms with Crippen molar-refractivity contribution in [2.24, 2.45) is 0 Å². The predicted molar refractivity (Wildman–Crippen MR) is 137 cm³/mol. The number of thiophene rings is 1. The zero-order valence-electron chi connectivity index (χ0n) is 19.2. The monoisotopic (exact) mass is 475 g/mol. The highest BCUT2D eigenvalue weighted by atomic mass is 35.5. The van der Waals surface area contributed by atoms with E-state index in [0.717, 1.165) is 22.5 Å². The summed E-state index contributed by atoms with van der Waals surface area (Å²) in [6.07, 6.45) is 0.805. The third-order valence-electron chi connectivity index (χ3n) is 6.05. The number of nitrogens with zero attached hydrogens (tertiary/aromatic N) is 2. The average molecular weight is 476 g/mol. The molecular weight excluding hydrogens is 450 g/mol. The summed E-state index contributed by atoms with van der Waals surface area (Å²) in [6.45, 7) is 8.54. The molecule has 5 aromatic rings. The lowest BCUT2D eigenvalue weighted by molar-refractivity contribution is 0.424. The third kappa shape index (κ3) is 4.00. The van der Waals surface area contributed by atoms with Crippen LogP contribution < -0.4 is 0 Å². The van der Waals surface area contributed by atoms with Gasteiger partial charge in [-0.25, -0.2) is 0 Å². The summed E-state index contributed by atoms with van der Waals surface area (Å²) in [6, 6.07) is 18.8. The van der Waals surface area contributed by atoms with Crippen LogP contribution in [0.25, 0.3) is 32.9 Å². The van der Waals surface area contributed by atoms with E-state index < -0.39 is 5.41 Å². The van der Waals surface area contributed by atoms with Gasteiger partial charge in [-0.3, -0.25) is 0 Å². The number of aromatic amines is 1. The molecule has 0 aliphatic carbocycles. The van der Waals surface area contributed by atoms with E-state index in [9.17, 15) is 0 Å². The topological polar surface area (TPSA) is 54.7 Å². The lowest BCUT2D eigenvalue weighted by Crippen LogP contribution is -2.17. The molecule has 1 N–H and O–H groups in total. The number of halogens is 1. The van der Waals surface area contributed by atoms with Crippen molar-refractivity contribution in [2.45, 2.75) is 39.5 Å². The number of benzene rings is 2. The highest BCUT2D eigenvalue weighted by molar-refractivity contribution is 7.18. The van der Waals surface area contributed by atoms with Gasteiger partial charge in [0.15, 0.2) is 0 Å². The summed E-state index contributed by atoms with van der Waals surface area (Å²) >= 11 is 7.97. The van der Waals surface area contributed by atoms with E-state index in [1.54, 1.807) is 11.3 Å². The Balaban J connectivity index is 1.56. The molecule has 0 radical (unpaired) electrons. The molecule has 0 aliphatic heterocycles. The summed E-state index contributed by atoms with van der Waals surface area (Å²) < 4.78 is 6.11. The molecule has 0 saturated heterocycles. The summed E-state index contributed by atoms with van der Waals surface area (Å²) in [5, 5.41) is 9.92. The maximum Gasteiger partial charge on any atom is 0.247 e. The van der Waals surface area contributed by atoms with Crippen LogP contribution in [0.15, 0.2) is 59.0 Å². The van der Waals surface area contributed by atoms with E-state index in [-0.39, 0.29) is 0 Å². The molecule has 0 aliphatic rings. The Morgan fingerprint density at radius 2 is 1.70 bits per heavy atom.